The van der Waals surface area contributed by atoms with E-state index < -0.39 is 17.5 Å². The van der Waals surface area contributed by atoms with Gasteiger partial charge in [-0.05, 0) is 19.9 Å². The minimum atomic E-state index is -0.840. The first-order valence-electron chi connectivity index (χ1n) is 7.37. The fourth-order valence-electron chi connectivity index (χ4n) is 3.23. The molecule has 2 aliphatic heterocycles. The van der Waals surface area contributed by atoms with E-state index in [0.717, 1.165) is 5.56 Å². The van der Waals surface area contributed by atoms with Crippen LogP contribution in [0.15, 0.2) is 29.5 Å². The normalized spacial score (nSPS) is 22.3. The molecule has 1 amide bonds. The number of esters is 1. The number of benzene rings is 1. The SMILES string of the molecule is COc1cccc([C@@H]2CC(=O)NC3=C2C(=O)OC3(C)C)c1OC. The highest BCUT2D eigenvalue weighted by Crippen LogP contribution is 2.46. The Bertz CT molecular complexity index is 720. The summed E-state index contributed by atoms with van der Waals surface area (Å²) in [5.74, 6) is 0.116. The maximum Gasteiger partial charge on any atom is 0.337 e. The second-order valence-corrected chi connectivity index (χ2v) is 6.08. The fourth-order valence-corrected chi connectivity index (χ4v) is 3.23. The van der Waals surface area contributed by atoms with Gasteiger partial charge in [-0.15, -0.1) is 0 Å². The van der Waals surface area contributed by atoms with Crippen molar-refractivity contribution in [3.63, 3.8) is 0 Å². The zero-order valence-corrected chi connectivity index (χ0v) is 13.6. The van der Waals surface area contributed by atoms with Crippen LogP contribution in [-0.4, -0.2) is 31.7 Å². The lowest BCUT2D eigenvalue weighted by Crippen LogP contribution is -2.38. The van der Waals surface area contributed by atoms with Crippen LogP contribution in [0.25, 0.3) is 0 Å². The summed E-state index contributed by atoms with van der Waals surface area (Å²) >= 11 is 0. The van der Waals surface area contributed by atoms with Crippen LogP contribution in [-0.2, 0) is 14.3 Å². The molecule has 0 saturated heterocycles. The number of rotatable bonds is 3. The van der Waals surface area contributed by atoms with Crippen LogP contribution >= 0.6 is 0 Å². The quantitative estimate of drug-likeness (QED) is 0.862. The maximum absolute atomic E-state index is 12.4. The van der Waals surface area contributed by atoms with Crippen molar-refractivity contribution >= 4 is 11.9 Å². The average Bonchev–Trinajstić information content (AvgIpc) is 2.74. The molecule has 0 spiro atoms. The number of carbonyl (C=O) groups excluding carboxylic acids is 2. The van der Waals surface area contributed by atoms with Crippen molar-refractivity contribution in [1.29, 1.82) is 0 Å². The van der Waals surface area contributed by atoms with Crippen LogP contribution in [0.3, 0.4) is 0 Å². The number of amides is 1. The third-order valence-corrected chi connectivity index (χ3v) is 4.25. The first-order valence-corrected chi connectivity index (χ1v) is 7.37. The Kier molecular flexibility index (Phi) is 3.55. The summed E-state index contributed by atoms with van der Waals surface area (Å²) in [6, 6.07) is 5.43. The number of methoxy groups -OCH3 is 2. The molecule has 1 aromatic rings. The molecule has 6 nitrogen and oxygen atoms in total. The van der Waals surface area contributed by atoms with E-state index in [0.29, 0.717) is 22.8 Å². The highest BCUT2D eigenvalue weighted by molar-refractivity contribution is 5.99. The highest BCUT2D eigenvalue weighted by atomic mass is 16.6. The van der Waals surface area contributed by atoms with E-state index in [4.69, 9.17) is 14.2 Å². The average molecular weight is 317 g/mol. The molecule has 23 heavy (non-hydrogen) atoms. The van der Waals surface area contributed by atoms with Crippen LogP contribution in [0.2, 0.25) is 0 Å². The molecule has 2 aliphatic rings. The summed E-state index contributed by atoms with van der Waals surface area (Å²) < 4.78 is 16.2. The van der Waals surface area contributed by atoms with Crippen molar-refractivity contribution in [2.75, 3.05) is 14.2 Å². The van der Waals surface area contributed by atoms with Crippen LogP contribution in [0.4, 0.5) is 0 Å². The van der Waals surface area contributed by atoms with Crippen molar-refractivity contribution in [1.82, 2.24) is 5.32 Å². The third kappa shape index (κ3) is 2.34. The van der Waals surface area contributed by atoms with Gasteiger partial charge in [-0.3, -0.25) is 4.79 Å². The van der Waals surface area contributed by atoms with E-state index in [1.54, 1.807) is 27.0 Å². The molecule has 0 unspecified atom stereocenters. The standard InChI is InChI=1S/C17H19NO5/c1-17(2)15-13(16(20)23-17)10(8-12(19)18-15)9-6-5-7-11(21-3)14(9)22-4/h5-7,10H,8H2,1-4H3,(H,18,19)/t10-/m0/s1. The maximum atomic E-state index is 12.4. The van der Waals surface area contributed by atoms with Gasteiger partial charge >= 0.3 is 5.97 Å². The predicted molar refractivity (Wildman–Crippen MR) is 82.2 cm³/mol. The zero-order chi connectivity index (χ0) is 16.8. The minimum absolute atomic E-state index is 0.148. The van der Waals surface area contributed by atoms with Crippen molar-refractivity contribution in [3.05, 3.63) is 35.0 Å². The zero-order valence-electron chi connectivity index (χ0n) is 13.6. The Labute approximate surface area is 134 Å². The van der Waals surface area contributed by atoms with E-state index in [2.05, 4.69) is 5.32 Å². The van der Waals surface area contributed by atoms with Crippen LogP contribution in [0.5, 0.6) is 11.5 Å². The number of cyclic esters (lactones) is 1. The molecule has 1 N–H and O–H groups in total. The summed E-state index contributed by atoms with van der Waals surface area (Å²) in [5.41, 5.74) is 0.922. The highest BCUT2D eigenvalue weighted by Gasteiger charge is 2.48. The summed E-state index contributed by atoms with van der Waals surface area (Å²) in [4.78, 5) is 24.5. The van der Waals surface area contributed by atoms with Crippen molar-refractivity contribution in [2.45, 2.75) is 31.8 Å². The first-order chi connectivity index (χ1) is 10.9. The molecule has 0 aromatic heterocycles. The number of hydrogen-bond acceptors (Lipinski definition) is 5. The molecule has 6 heteroatoms. The van der Waals surface area contributed by atoms with Gasteiger partial charge in [0.05, 0.1) is 25.5 Å². The lowest BCUT2D eigenvalue weighted by Gasteiger charge is -2.28. The Balaban J connectivity index is 2.18. The predicted octanol–water partition coefficient (Wildman–Crippen LogP) is 1.90. The van der Waals surface area contributed by atoms with Gasteiger partial charge in [-0.2, -0.15) is 0 Å². The smallest absolute Gasteiger partial charge is 0.337 e. The van der Waals surface area contributed by atoms with Gasteiger partial charge in [-0.1, -0.05) is 12.1 Å². The second kappa shape index (κ2) is 5.30. The summed E-state index contributed by atoms with van der Waals surface area (Å²) in [7, 11) is 3.09. The topological polar surface area (TPSA) is 73.9 Å². The Morgan fingerprint density at radius 1 is 1.22 bits per heavy atom. The Morgan fingerprint density at radius 3 is 2.61 bits per heavy atom. The molecule has 0 radical (unpaired) electrons. The monoisotopic (exact) mass is 317 g/mol. The largest absolute Gasteiger partial charge is 0.493 e. The lowest BCUT2D eigenvalue weighted by atomic mass is 9.82. The van der Waals surface area contributed by atoms with Gasteiger partial charge in [0.1, 0.15) is 5.60 Å². The number of hydrogen-bond donors (Lipinski definition) is 1. The molecule has 1 aromatic carbocycles. The molecule has 0 fully saturated rings. The molecule has 0 saturated carbocycles. The van der Waals surface area contributed by atoms with Gasteiger partial charge in [0, 0.05) is 17.9 Å². The van der Waals surface area contributed by atoms with Crippen molar-refractivity contribution < 1.29 is 23.8 Å². The molecule has 3 rings (SSSR count). The Hall–Kier alpha value is -2.50. The number of ether oxygens (including phenoxy) is 3. The molecular weight excluding hydrogens is 298 g/mol. The van der Waals surface area contributed by atoms with Gasteiger partial charge in [0.25, 0.3) is 0 Å². The number of para-hydroxylation sites is 1. The molecule has 1 atom stereocenters. The van der Waals surface area contributed by atoms with E-state index in [9.17, 15) is 9.59 Å². The summed E-state index contributed by atoms with van der Waals surface area (Å²) in [6.07, 6.45) is 0.160. The van der Waals surface area contributed by atoms with Gasteiger partial charge in [-0.25, -0.2) is 4.79 Å². The Morgan fingerprint density at radius 2 is 1.96 bits per heavy atom. The number of carbonyl (C=O) groups is 2. The molecule has 0 aliphatic carbocycles. The van der Waals surface area contributed by atoms with Crippen molar-refractivity contribution in [3.8, 4) is 11.5 Å². The van der Waals surface area contributed by atoms with Crippen LogP contribution < -0.4 is 14.8 Å². The third-order valence-electron chi connectivity index (χ3n) is 4.25. The summed E-state index contributed by atoms with van der Waals surface area (Å²) in [6.45, 7) is 3.53. The van der Waals surface area contributed by atoms with E-state index in [1.165, 1.54) is 7.11 Å². The molecule has 2 heterocycles. The minimum Gasteiger partial charge on any atom is -0.493 e. The number of nitrogens with one attached hydrogen (secondary N) is 1. The van der Waals surface area contributed by atoms with Crippen LogP contribution in [0.1, 0.15) is 31.7 Å². The van der Waals surface area contributed by atoms with Gasteiger partial charge in [0.2, 0.25) is 5.91 Å². The summed E-state index contributed by atoms with van der Waals surface area (Å²) in [5, 5.41) is 2.79. The van der Waals surface area contributed by atoms with Crippen LogP contribution in [0, 0.1) is 0 Å². The molecule has 0 bridgehead atoms. The second-order valence-electron chi connectivity index (χ2n) is 6.08. The molecule has 122 valence electrons. The van der Waals surface area contributed by atoms with Gasteiger partial charge in [0.15, 0.2) is 11.5 Å². The molecular formula is C17H19NO5. The lowest BCUT2D eigenvalue weighted by molar-refractivity contribution is -0.144. The van der Waals surface area contributed by atoms with E-state index >= 15 is 0 Å². The van der Waals surface area contributed by atoms with Crippen molar-refractivity contribution in [2.24, 2.45) is 0 Å². The van der Waals surface area contributed by atoms with Gasteiger partial charge < -0.3 is 19.5 Å². The van der Waals surface area contributed by atoms with E-state index in [-0.39, 0.29) is 12.3 Å². The van der Waals surface area contributed by atoms with E-state index in [1.807, 2.05) is 12.1 Å². The fraction of sp³-hybridized carbons (Fsp3) is 0.412. The first kappa shape index (κ1) is 15.4.